The van der Waals surface area contributed by atoms with E-state index in [2.05, 4.69) is 0 Å². The lowest BCUT2D eigenvalue weighted by Crippen LogP contribution is -2.10. The molecule has 0 fully saturated rings. The van der Waals surface area contributed by atoms with Crippen LogP contribution in [-0.2, 0) is 6.18 Å². The SMILES string of the molecule is NC(=O)c1cccc(Oc2cc(N)cc(C(F)(F)F)c2)c1. The molecule has 0 saturated carbocycles. The average Bonchev–Trinajstić information content (AvgIpc) is 2.37. The van der Waals surface area contributed by atoms with Crippen LogP contribution < -0.4 is 16.2 Å². The number of amides is 1. The predicted molar refractivity (Wildman–Crippen MR) is 70.9 cm³/mol. The Labute approximate surface area is 118 Å². The number of nitrogen functional groups attached to an aromatic ring is 1. The summed E-state index contributed by atoms with van der Waals surface area (Å²) < 4.78 is 43.4. The minimum absolute atomic E-state index is 0.0779. The van der Waals surface area contributed by atoms with E-state index < -0.39 is 17.6 Å². The number of carbonyl (C=O) groups excluding carboxylic acids is 1. The normalized spacial score (nSPS) is 11.2. The summed E-state index contributed by atoms with van der Waals surface area (Å²) in [5, 5.41) is 0. The van der Waals surface area contributed by atoms with E-state index in [0.717, 1.165) is 12.1 Å². The van der Waals surface area contributed by atoms with E-state index >= 15 is 0 Å². The molecule has 4 nitrogen and oxygen atoms in total. The molecular formula is C14H11F3N2O2. The van der Waals surface area contributed by atoms with Gasteiger partial charge in [-0.15, -0.1) is 0 Å². The predicted octanol–water partition coefficient (Wildman–Crippen LogP) is 3.18. The van der Waals surface area contributed by atoms with Crippen molar-refractivity contribution in [3.8, 4) is 11.5 Å². The van der Waals surface area contributed by atoms with Gasteiger partial charge in [0.25, 0.3) is 0 Å². The lowest BCUT2D eigenvalue weighted by molar-refractivity contribution is -0.137. The number of ether oxygens (including phenoxy) is 1. The second-order valence-corrected chi connectivity index (χ2v) is 4.28. The van der Waals surface area contributed by atoms with Crippen LogP contribution in [0.15, 0.2) is 42.5 Å². The number of hydrogen-bond donors (Lipinski definition) is 2. The van der Waals surface area contributed by atoms with E-state index in [0.29, 0.717) is 0 Å². The van der Waals surface area contributed by atoms with Gasteiger partial charge in [0.05, 0.1) is 5.56 Å². The lowest BCUT2D eigenvalue weighted by Gasteiger charge is -2.11. The van der Waals surface area contributed by atoms with Crippen LogP contribution in [0.2, 0.25) is 0 Å². The van der Waals surface area contributed by atoms with Crippen molar-refractivity contribution < 1.29 is 22.7 Å². The van der Waals surface area contributed by atoms with Crippen LogP contribution in [0.1, 0.15) is 15.9 Å². The Morgan fingerprint density at radius 3 is 2.38 bits per heavy atom. The van der Waals surface area contributed by atoms with Crippen molar-refractivity contribution in [1.82, 2.24) is 0 Å². The van der Waals surface area contributed by atoms with Crippen molar-refractivity contribution in [2.24, 2.45) is 5.73 Å². The van der Waals surface area contributed by atoms with Crippen molar-refractivity contribution in [1.29, 1.82) is 0 Å². The monoisotopic (exact) mass is 296 g/mol. The molecule has 0 aromatic heterocycles. The fourth-order valence-corrected chi connectivity index (χ4v) is 1.69. The topological polar surface area (TPSA) is 78.3 Å². The van der Waals surface area contributed by atoms with E-state index in [-0.39, 0.29) is 22.7 Å². The highest BCUT2D eigenvalue weighted by molar-refractivity contribution is 5.93. The molecule has 4 N–H and O–H groups in total. The molecule has 21 heavy (non-hydrogen) atoms. The maximum atomic E-state index is 12.7. The van der Waals surface area contributed by atoms with Gasteiger partial charge in [-0.1, -0.05) is 6.07 Å². The lowest BCUT2D eigenvalue weighted by atomic mass is 10.1. The highest BCUT2D eigenvalue weighted by Gasteiger charge is 2.31. The third-order valence-corrected chi connectivity index (χ3v) is 2.61. The molecule has 0 heterocycles. The second kappa shape index (κ2) is 5.35. The molecule has 1 amide bonds. The standard InChI is InChI=1S/C14H11F3N2O2/c15-14(16,17)9-5-10(18)7-12(6-9)21-11-3-1-2-8(4-11)13(19)20/h1-7H,18H2,(H2,19,20). The Balaban J connectivity index is 2.33. The van der Waals surface area contributed by atoms with Crippen LogP contribution in [-0.4, -0.2) is 5.91 Å². The molecule has 0 aliphatic carbocycles. The van der Waals surface area contributed by atoms with E-state index in [1.165, 1.54) is 30.3 Å². The van der Waals surface area contributed by atoms with Crippen LogP contribution in [0, 0.1) is 0 Å². The van der Waals surface area contributed by atoms with Gasteiger partial charge < -0.3 is 16.2 Å². The highest BCUT2D eigenvalue weighted by Crippen LogP contribution is 2.34. The Morgan fingerprint density at radius 1 is 1.05 bits per heavy atom. The third-order valence-electron chi connectivity index (χ3n) is 2.61. The summed E-state index contributed by atoms with van der Waals surface area (Å²) in [6, 6.07) is 8.69. The van der Waals surface area contributed by atoms with Crippen LogP contribution in [0.25, 0.3) is 0 Å². The first kappa shape index (κ1) is 14.7. The second-order valence-electron chi connectivity index (χ2n) is 4.28. The summed E-state index contributed by atoms with van der Waals surface area (Å²) in [5.74, 6) is -0.557. The van der Waals surface area contributed by atoms with E-state index in [1.54, 1.807) is 0 Å². The molecule has 0 aliphatic heterocycles. The fourth-order valence-electron chi connectivity index (χ4n) is 1.69. The van der Waals surface area contributed by atoms with Gasteiger partial charge in [0, 0.05) is 17.3 Å². The first-order valence-corrected chi connectivity index (χ1v) is 5.81. The zero-order valence-electron chi connectivity index (χ0n) is 10.6. The van der Waals surface area contributed by atoms with E-state index in [4.69, 9.17) is 16.2 Å². The number of halogens is 3. The van der Waals surface area contributed by atoms with Crippen LogP contribution >= 0.6 is 0 Å². The number of alkyl halides is 3. The van der Waals surface area contributed by atoms with Gasteiger partial charge >= 0.3 is 6.18 Å². The maximum absolute atomic E-state index is 12.7. The number of primary amides is 1. The molecule has 0 atom stereocenters. The molecule has 0 radical (unpaired) electrons. The summed E-state index contributed by atoms with van der Waals surface area (Å²) in [6.45, 7) is 0. The van der Waals surface area contributed by atoms with E-state index in [9.17, 15) is 18.0 Å². The molecule has 0 saturated heterocycles. The van der Waals surface area contributed by atoms with Crippen molar-refractivity contribution in [2.75, 3.05) is 5.73 Å². The Morgan fingerprint density at radius 2 is 1.76 bits per heavy atom. The molecule has 2 aromatic rings. The number of nitrogens with two attached hydrogens (primary N) is 2. The number of hydrogen-bond acceptors (Lipinski definition) is 3. The first-order valence-electron chi connectivity index (χ1n) is 5.81. The van der Waals surface area contributed by atoms with Gasteiger partial charge in [-0.25, -0.2) is 0 Å². The Bertz CT molecular complexity index is 684. The quantitative estimate of drug-likeness (QED) is 0.854. The van der Waals surface area contributed by atoms with Gasteiger partial charge in [-0.2, -0.15) is 13.2 Å². The fraction of sp³-hybridized carbons (Fsp3) is 0.0714. The molecule has 0 spiro atoms. The number of rotatable bonds is 3. The zero-order valence-corrected chi connectivity index (χ0v) is 10.6. The highest BCUT2D eigenvalue weighted by atomic mass is 19.4. The summed E-state index contributed by atoms with van der Waals surface area (Å²) in [5.41, 5.74) is 9.75. The van der Waals surface area contributed by atoms with Crippen LogP contribution in [0.3, 0.4) is 0 Å². The first-order chi connectivity index (χ1) is 9.75. The number of benzene rings is 2. The summed E-state index contributed by atoms with van der Waals surface area (Å²) in [6.07, 6.45) is -4.53. The van der Waals surface area contributed by atoms with E-state index in [1.807, 2.05) is 0 Å². The van der Waals surface area contributed by atoms with Crippen molar-refractivity contribution in [3.63, 3.8) is 0 Å². The minimum Gasteiger partial charge on any atom is -0.457 e. The smallest absolute Gasteiger partial charge is 0.416 e. The molecule has 2 rings (SSSR count). The third kappa shape index (κ3) is 3.65. The molecule has 7 heteroatoms. The summed E-state index contributed by atoms with van der Waals surface area (Å²) in [4.78, 5) is 11.0. The van der Waals surface area contributed by atoms with Crippen LogP contribution in [0.5, 0.6) is 11.5 Å². The largest absolute Gasteiger partial charge is 0.457 e. The Hall–Kier alpha value is -2.70. The molecule has 110 valence electrons. The average molecular weight is 296 g/mol. The molecular weight excluding hydrogens is 285 g/mol. The van der Waals surface area contributed by atoms with Crippen molar-refractivity contribution in [3.05, 3.63) is 53.6 Å². The zero-order chi connectivity index (χ0) is 15.6. The summed E-state index contributed by atoms with van der Waals surface area (Å²) in [7, 11) is 0. The number of carbonyl (C=O) groups is 1. The molecule has 0 unspecified atom stereocenters. The van der Waals surface area contributed by atoms with Crippen LogP contribution in [0.4, 0.5) is 18.9 Å². The minimum atomic E-state index is -4.53. The van der Waals surface area contributed by atoms with Gasteiger partial charge in [0.15, 0.2) is 0 Å². The maximum Gasteiger partial charge on any atom is 0.416 e. The number of anilines is 1. The molecule has 0 aliphatic rings. The molecule has 2 aromatic carbocycles. The van der Waals surface area contributed by atoms with Gasteiger partial charge in [0.1, 0.15) is 11.5 Å². The Kier molecular flexibility index (Phi) is 3.75. The van der Waals surface area contributed by atoms with Gasteiger partial charge in [-0.3, -0.25) is 4.79 Å². The van der Waals surface area contributed by atoms with Gasteiger partial charge in [0.2, 0.25) is 5.91 Å². The molecule has 0 bridgehead atoms. The van der Waals surface area contributed by atoms with Crippen molar-refractivity contribution >= 4 is 11.6 Å². The summed E-state index contributed by atoms with van der Waals surface area (Å²) >= 11 is 0. The van der Waals surface area contributed by atoms with Crippen molar-refractivity contribution in [2.45, 2.75) is 6.18 Å². The van der Waals surface area contributed by atoms with Gasteiger partial charge in [-0.05, 0) is 30.3 Å².